The van der Waals surface area contributed by atoms with Gasteiger partial charge in [0.2, 0.25) is 10.0 Å². The molecule has 1 unspecified atom stereocenters. The number of carbonyl (C=O) groups is 1. The van der Waals surface area contributed by atoms with Crippen LogP contribution in [0.1, 0.15) is 12.5 Å². The second-order valence-electron chi connectivity index (χ2n) is 3.95. The third-order valence-electron chi connectivity index (χ3n) is 2.70. The van der Waals surface area contributed by atoms with Crippen molar-refractivity contribution in [2.24, 2.45) is 0 Å². The van der Waals surface area contributed by atoms with Gasteiger partial charge in [0.05, 0.1) is 4.90 Å². The van der Waals surface area contributed by atoms with Gasteiger partial charge in [-0.15, -0.1) is 0 Å². The van der Waals surface area contributed by atoms with Crippen LogP contribution in [0.5, 0.6) is 0 Å². The predicted molar refractivity (Wildman–Crippen MR) is 63.2 cm³/mol. The third-order valence-corrected chi connectivity index (χ3v) is 4.79. The van der Waals surface area contributed by atoms with Crippen LogP contribution in [0.3, 0.4) is 0 Å². The lowest BCUT2D eigenvalue weighted by Crippen LogP contribution is -2.40. The Balaban J connectivity index is 3.25. The molecule has 1 rings (SSSR count). The summed E-state index contributed by atoms with van der Waals surface area (Å²) in [5, 5.41) is 8.81. The predicted octanol–water partition coefficient (Wildman–Crippen LogP) is 1.23. The van der Waals surface area contributed by atoms with E-state index in [9.17, 15) is 17.6 Å². The quantitative estimate of drug-likeness (QED) is 0.896. The van der Waals surface area contributed by atoms with E-state index in [1.165, 1.54) is 20.9 Å². The van der Waals surface area contributed by atoms with E-state index in [4.69, 9.17) is 5.11 Å². The van der Waals surface area contributed by atoms with Crippen molar-refractivity contribution in [2.75, 3.05) is 7.05 Å². The van der Waals surface area contributed by atoms with Gasteiger partial charge >= 0.3 is 5.97 Å². The zero-order valence-corrected chi connectivity index (χ0v) is 11.0. The SMILES string of the molecule is Cc1cc(F)ccc1S(=O)(=O)N(C)C(C)C(=O)O. The second-order valence-corrected chi connectivity index (χ2v) is 5.91. The van der Waals surface area contributed by atoms with E-state index in [-0.39, 0.29) is 10.5 Å². The number of aliphatic carboxylic acids is 1. The molecule has 1 aromatic rings. The number of benzene rings is 1. The molecule has 0 fully saturated rings. The number of hydrogen-bond acceptors (Lipinski definition) is 3. The molecule has 0 spiro atoms. The minimum atomic E-state index is -3.94. The van der Waals surface area contributed by atoms with Crippen molar-refractivity contribution in [3.63, 3.8) is 0 Å². The van der Waals surface area contributed by atoms with Gasteiger partial charge in [0.15, 0.2) is 0 Å². The van der Waals surface area contributed by atoms with E-state index in [2.05, 4.69) is 0 Å². The lowest BCUT2D eigenvalue weighted by Gasteiger charge is -2.21. The molecule has 0 saturated carbocycles. The van der Waals surface area contributed by atoms with Crippen LogP contribution in [0.25, 0.3) is 0 Å². The number of nitrogens with zero attached hydrogens (tertiary/aromatic N) is 1. The van der Waals surface area contributed by atoms with Gasteiger partial charge in [0.25, 0.3) is 0 Å². The summed E-state index contributed by atoms with van der Waals surface area (Å²) < 4.78 is 38.0. The van der Waals surface area contributed by atoms with Crippen LogP contribution in [-0.4, -0.2) is 36.9 Å². The molecule has 100 valence electrons. The fourth-order valence-electron chi connectivity index (χ4n) is 1.42. The van der Waals surface area contributed by atoms with Gasteiger partial charge in [-0.2, -0.15) is 4.31 Å². The number of likely N-dealkylation sites (N-methyl/N-ethyl adjacent to an activating group) is 1. The van der Waals surface area contributed by atoms with Crippen molar-refractivity contribution in [3.05, 3.63) is 29.6 Å². The summed E-state index contributed by atoms with van der Waals surface area (Å²) in [4.78, 5) is 10.7. The third kappa shape index (κ3) is 2.68. The Labute approximate surface area is 105 Å². The molecular formula is C11H14FNO4S. The minimum absolute atomic E-state index is 0.0977. The molecule has 7 heteroatoms. The Morgan fingerprint density at radius 2 is 2.00 bits per heavy atom. The molecule has 0 bridgehead atoms. The van der Waals surface area contributed by atoms with Gasteiger partial charge in [-0.3, -0.25) is 4.79 Å². The van der Waals surface area contributed by atoms with Gasteiger partial charge < -0.3 is 5.11 Å². The molecule has 1 aromatic carbocycles. The summed E-state index contributed by atoms with van der Waals surface area (Å²) in [5.41, 5.74) is 0.236. The number of rotatable bonds is 4. The molecule has 5 nitrogen and oxygen atoms in total. The number of halogens is 1. The van der Waals surface area contributed by atoms with E-state index in [1.807, 2.05) is 0 Å². The fraction of sp³-hybridized carbons (Fsp3) is 0.364. The van der Waals surface area contributed by atoms with E-state index in [0.29, 0.717) is 0 Å². The van der Waals surface area contributed by atoms with E-state index >= 15 is 0 Å². The Morgan fingerprint density at radius 1 is 1.44 bits per heavy atom. The highest BCUT2D eigenvalue weighted by Crippen LogP contribution is 2.21. The van der Waals surface area contributed by atoms with Gasteiger partial charge in [-0.1, -0.05) is 0 Å². The van der Waals surface area contributed by atoms with Gasteiger partial charge in [0.1, 0.15) is 11.9 Å². The molecule has 18 heavy (non-hydrogen) atoms. The van der Waals surface area contributed by atoms with Crippen molar-refractivity contribution in [1.82, 2.24) is 4.31 Å². The zero-order chi connectivity index (χ0) is 14.1. The van der Waals surface area contributed by atoms with Crippen LogP contribution >= 0.6 is 0 Å². The largest absolute Gasteiger partial charge is 0.480 e. The van der Waals surface area contributed by atoms with Crippen molar-refractivity contribution < 1.29 is 22.7 Å². The number of sulfonamides is 1. The van der Waals surface area contributed by atoms with Crippen molar-refractivity contribution in [1.29, 1.82) is 0 Å². The first-order valence-electron chi connectivity index (χ1n) is 5.15. The standard InChI is InChI=1S/C11H14FNO4S/c1-7-6-9(12)4-5-10(7)18(16,17)13(3)8(2)11(14)15/h4-6,8H,1-3H3,(H,14,15). The van der Waals surface area contributed by atoms with Gasteiger partial charge in [-0.25, -0.2) is 12.8 Å². The Morgan fingerprint density at radius 3 is 2.44 bits per heavy atom. The fourth-order valence-corrected chi connectivity index (χ4v) is 2.94. The van der Waals surface area contributed by atoms with E-state index in [1.54, 1.807) is 0 Å². The summed E-state index contributed by atoms with van der Waals surface area (Å²) in [6.07, 6.45) is 0. The maximum absolute atomic E-state index is 12.9. The van der Waals surface area contributed by atoms with Crippen LogP contribution in [0, 0.1) is 12.7 Å². The average molecular weight is 275 g/mol. The average Bonchev–Trinajstić information content (AvgIpc) is 2.26. The molecule has 0 aliphatic heterocycles. The minimum Gasteiger partial charge on any atom is -0.480 e. The second kappa shape index (κ2) is 5.03. The van der Waals surface area contributed by atoms with Crippen LogP contribution < -0.4 is 0 Å². The van der Waals surface area contributed by atoms with E-state index in [0.717, 1.165) is 22.5 Å². The first-order valence-corrected chi connectivity index (χ1v) is 6.59. The number of hydrogen-bond donors (Lipinski definition) is 1. The summed E-state index contributed by atoms with van der Waals surface area (Å²) >= 11 is 0. The normalized spacial score (nSPS) is 13.6. The molecule has 1 N–H and O–H groups in total. The maximum Gasteiger partial charge on any atom is 0.321 e. The first-order chi connectivity index (χ1) is 8.17. The van der Waals surface area contributed by atoms with Crippen molar-refractivity contribution in [3.8, 4) is 0 Å². The lowest BCUT2D eigenvalue weighted by atomic mass is 10.2. The Kier molecular flexibility index (Phi) is 4.08. The summed E-state index contributed by atoms with van der Waals surface area (Å²) in [7, 11) is -2.77. The summed E-state index contributed by atoms with van der Waals surface area (Å²) in [6, 6.07) is 2.05. The van der Waals surface area contributed by atoms with Crippen LogP contribution in [-0.2, 0) is 14.8 Å². The molecule has 0 amide bonds. The summed E-state index contributed by atoms with van der Waals surface area (Å²) in [5.74, 6) is -1.79. The van der Waals surface area contributed by atoms with Crippen molar-refractivity contribution in [2.45, 2.75) is 24.8 Å². The number of carboxylic acid groups (broad SMARTS) is 1. The summed E-state index contributed by atoms with van der Waals surface area (Å²) in [6.45, 7) is 2.72. The van der Waals surface area contributed by atoms with Gasteiger partial charge in [0, 0.05) is 7.05 Å². The Bertz CT molecular complexity index is 570. The maximum atomic E-state index is 12.9. The Hall–Kier alpha value is -1.47. The molecular weight excluding hydrogens is 261 g/mol. The smallest absolute Gasteiger partial charge is 0.321 e. The molecule has 0 aliphatic rings. The molecule has 0 heterocycles. The highest BCUT2D eigenvalue weighted by Gasteiger charge is 2.30. The molecule has 0 aromatic heterocycles. The lowest BCUT2D eigenvalue weighted by molar-refractivity contribution is -0.140. The van der Waals surface area contributed by atoms with Gasteiger partial charge in [-0.05, 0) is 37.6 Å². The first kappa shape index (κ1) is 14.6. The van der Waals surface area contributed by atoms with Crippen molar-refractivity contribution >= 4 is 16.0 Å². The molecule has 0 radical (unpaired) electrons. The zero-order valence-electron chi connectivity index (χ0n) is 10.2. The number of carboxylic acids is 1. The van der Waals surface area contributed by atoms with E-state index < -0.39 is 27.9 Å². The number of aryl methyl sites for hydroxylation is 1. The molecule has 0 saturated heterocycles. The van der Waals surface area contributed by atoms with Crippen LogP contribution in [0.4, 0.5) is 4.39 Å². The highest BCUT2D eigenvalue weighted by molar-refractivity contribution is 7.89. The van der Waals surface area contributed by atoms with Crippen LogP contribution in [0.15, 0.2) is 23.1 Å². The topological polar surface area (TPSA) is 74.7 Å². The highest BCUT2D eigenvalue weighted by atomic mass is 32.2. The monoisotopic (exact) mass is 275 g/mol. The molecule has 1 atom stereocenters. The van der Waals surface area contributed by atoms with Crippen LogP contribution in [0.2, 0.25) is 0 Å². The molecule has 0 aliphatic carbocycles.